The van der Waals surface area contributed by atoms with Gasteiger partial charge < -0.3 is 10.1 Å². The quantitative estimate of drug-likeness (QED) is 0.632. The van der Waals surface area contributed by atoms with Crippen LogP contribution in [0.5, 0.6) is 0 Å². The van der Waals surface area contributed by atoms with E-state index in [2.05, 4.69) is 15.0 Å². The Morgan fingerprint density at radius 2 is 1.96 bits per heavy atom. The summed E-state index contributed by atoms with van der Waals surface area (Å²) in [6.45, 7) is 0. The lowest BCUT2D eigenvalue weighted by Crippen LogP contribution is -2.15. The lowest BCUT2D eigenvalue weighted by Gasteiger charge is -2.08. The number of amides is 1. The number of nitrogens with zero attached hydrogens (tertiary/aromatic N) is 1. The van der Waals surface area contributed by atoms with Crippen molar-refractivity contribution in [1.82, 2.24) is 4.98 Å². The third-order valence-electron chi connectivity index (χ3n) is 3.65. The molecule has 0 spiro atoms. The van der Waals surface area contributed by atoms with E-state index in [-0.39, 0.29) is 23.7 Å². The fourth-order valence-electron chi connectivity index (χ4n) is 2.34. The van der Waals surface area contributed by atoms with Crippen molar-refractivity contribution in [2.75, 3.05) is 12.4 Å². The molecule has 0 atom stereocenters. The first kappa shape index (κ1) is 19.0. The standard InChI is InChI=1S/C19H14ClFN2O3S/c1-26-19(25)12-4-7-15(20)16(8-12)23-17(24)9-14-10-27-18(22-14)11-2-5-13(21)6-3-11/h2-8,10H,9H2,1H3,(H,23,24). The zero-order chi connectivity index (χ0) is 19.4. The number of esters is 1. The molecule has 0 unspecified atom stereocenters. The van der Waals surface area contributed by atoms with Crippen LogP contribution in [-0.4, -0.2) is 24.0 Å². The van der Waals surface area contributed by atoms with Crippen LogP contribution in [0.4, 0.5) is 10.1 Å². The van der Waals surface area contributed by atoms with Gasteiger partial charge in [-0.15, -0.1) is 11.3 Å². The molecule has 1 N–H and O–H groups in total. The van der Waals surface area contributed by atoms with Crippen molar-refractivity contribution >= 4 is 40.5 Å². The monoisotopic (exact) mass is 404 g/mol. The number of carbonyl (C=O) groups excluding carboxylic acids is 2. The summed E-state index contributed by atoms with van der Waals surface area (Å²) in [5, 5.41) is 5.44. The zero-order valence-electron chi connectivity index (χ0n) is 14.2. The lowest BCUT2D eigenvalue weighted by atomic mass is 10.2. The summed E-state index contributed by atoms with van der Waals surface area (Å²) in [5.74, 6) is -1.17. The summed E-state index contributed by atoms with van der Waals surface area (Å²) in [4.78, 5) is 28.3. The molecule has 1 aromatic heterocycles. The van der Waals surface area contributed by atoms with Crippen molar-refractivity contribution in [2.24, 2.45) is 0 Å². The van der Waals surface area contributed by atoms with Crippen LogP contribution in [-0.2, 0) is 16.0 Å². The molecule has 1 amide bonds. The van der Waals surface area contributed by atoms with Crippen LogP contribution in [0.3, 0.4) is 0 Å². The highest BCUT2D eigenvalue weighted by molar-refractivity contribution is 7.13. The minimum absolute atomic E-state index is 0.0382. The summed E-state index contributed by atoms with van der Waals surface area (Å²) in [6, 6.07) is 10.5. The number of carbonyl (C=O) groups is 2. The van der Waals surface area contributed by atoms with E-state index in [9.17, 15) is 14.0 Å². The fourth-order valence-corrected chi connectivity index (χ4v) is 3.33. The van der Waals surface area contributed by atoms with E-state index < -0.39 is 5.97 Å². The molecule has 0 saturated heterocycles. The molecule has 3 rings (SSSR count). The van der Waals surface area contributed by atoms with Gasteiger partial charge >= 0.3 is 5.97 Å². The Morgan fingerprint density at radius 1 is 1.22 bits per heavy atom. The highest BCUT2D eigenvalue weighted by Gasteiger charge is 2.13. The van der Waals surface area contributed by atoms with Crippen LogP contribution in [0, 0.1) is 5.82 Å². The maximum absolute atomic E-state index is 13.0. The van der Waals surface area contributed by atoms with Crippen molar-refractivity contribution in [3.05, 3.63) is 69.9 Å². The first-order valence-corrected chi connectivity index (χ1v) is 9.10. The predicted octanol–water partition coefficient (Wildman–Crippen LogP) is 4.57. The number of anilines is 1. The van der Waals surface area contributed by atoms with Crippen molar-refractivity contribution in [3.63, 3.8) is 0 Å². The van der Waals surface area contributed by atoms with Gasteiger partial charge in [0.05, 0.1) is 35.5 Å². The van der Waals surface area contributed by atoms with Crippen molar-refractivity contribution in [1.29, 1.82) is 0 Å². The fraction of sp³-hybridized carbons (Fsp3) is 0.105. The van der Waals surface area contributed by atoms with Crippen molar-refractivity contribution < 1.29 is 18.7 Å². The number of aromatic nitrogens is 1. The molecular weight excluding hydrogens is 391 g/mol. The van der Waals surface area contributed by atoms with Gasteiger partial charge in [0.25, 0.3) is 0 Å². The normalized spacial score (nSPS) is 10.5. The molecule has 3 aromatic rings. The topological polar surface area (TPSA) is 68.3 Å². The molecule has 8 heteroatoms. The molecule has 0 saturated carbocycles. The summed E-state index contributed by atoms with van der Waals surface area (Å²) in [7, 11) is 1.27. The van der Waals surface area contributed by atoms with E-state index in [1.54, 1.807) is 17.5 Å². The Hall–Kier alpha value is -2.77. The molecule has 5 nitrogen and oxygen atoms in total. The number of halogens is 2. The Kier molecular flexibility index (Phi) is 5.83. The molecule has 138 valence electrons. The van der Waals surface area contributed by atoms with Crippen LogP contribution in [0.1, 0.15) is 16.1 Å². The number of methoxy groups -OCH3 is 1. The van der Waals surface area contributed by atoms with Gasteiger partial charge in [0, 0.05) is 10.9 Å². The average Bonchev–Trinajstić information content (AvgIpc) is 3.11. The second-order valence-electron chi connectivity index (χ2n) is 5.56. The number of benzene rings is 2. The van der Waals surface area contributed by atoms with E-state index in [1.807, 2.05) is 0 Å². The van der Waals surface area contributed by atoms with E-state index in [1.165, 1.54) is 48.8 Å². The minimum atomic E-state index is -0.523. The van der Waals surface area contributed by atoms with Gasteiger partial charge in [0.1, 0.15) is 10.8 Å². The summed E-state index contributed by atoms with van der Waals surface area (Å²) in [6.07, 6.45) is 0.0382. The molecule has 0 aliphatic heterocycles. The van der Waals surface area contributed by atoms with E-state index in [0.717, 1.165) is 5.56 Å². The minimum Gasteiger partial charge on any atom is -0.465 e. The van der Waals surface area contributed by atoms with Crippen molar-refractivity contribution in [2.45, 2.75) is 6.42 Å². The van der Waals surface area contributed by atoms with E-state index in [4.69, 9.17) is 11.6 Å². The van der Waals surface area contributed by atoms with E-state index >= 15 is 0 Å². The molecular formula is C19H14ClFN2O3S. The largest absolute Gasteiger partial charge is 0.465 e. The second kappa shape index (κ2) is 8.28. The Labute approximate surface area is 163 Å². The molecule has 2 aromatic carbocycles. The number of thiazole rings is 1. The van der Waals surface area contributed by atoms with Crippen LogP contribution < -0.4 is 5.32 Å². The molecule has 0 radical (unpaired) electrons. The third kappa shape index (κ3) is 4.69. The van der Waals surface area contributed by atoms with Crippen LogP contribution >= 0.6 is 22.9 Å². The van der Waals surface area contributed by atoms with Gasteiger partial charge in [0.15, 0.2) is 0 Å². The summed E-state index contributed by atoms with van der Waals surface area (Å²) < 4.78 is 17.7. The lowest BCUT2D eigenvalue weighted by molar-refractivity contribution is -0.115. The molecule has 0 aliphatic carbocycles. The number of hydrogen-bond acceptors (Lipinski definition) is 5. The van der Waals surface area contributed by atoms with Crippen LogP contribution in [0.25, 0.3) is 10.6 Å². The second-order valence-corrected chi connectivity index (χ2v) is 6.83. The number of nitrogens with one attached hydrogen (secondary N) is 1. The van der Waals surface area contributed by atoms with Gasteiger partial charge in [0.2, 0.25) is 5.91 Å². The van der Waals surface area contributed by atoms with Crippen LogP contribution in [0.15, 0.2) is 47.8 Å². The average molecular weight is 405 g/mol. The van der Waals surface area contributed by atoms with Gasteiger partial charge in [-0.05, 0) is 42.5 Å². The maximum Gasteiger partial charge on any atom is 0.337 e. The van der Waals surface area contributed by atoms with Gasteiger partial charge in [-0.25, -0.2) is 14.2 Å². The van der Waals surface area contributed by atoms with Crippen molar-refractivity contribution in [3.8, 4) is 10.6 Å². The van der Waals surface area contributed by atoms with Gasteiger partial charge in [-0.3, -0.25) is 4.79 Å². The smallest absolute Gasteiger partial charge is 0.337 e. The SMILES string of the molecule is COC(=O)c1ccc(Cl)c(NC(=O)Cc2csc(-c3ccc(F)cc3)n2)c1. The number of ether oxygens (including phenoxy) is 1. The summed E-state index contributed by atoms with van der Waals surface area (Å²) in [5.41, 5.74) is 1.96. The van der Waals surface area contributed by atoms with Gasteiger partial charge in [-0.2, -0.15) is 0 Å². The number of hydrogen-bond donors (Lipinski definition) is 1. The molecule has 27 heavy (non-hydrogen) atoms. The van der Waals surface area contributed by atoms with Gasteiger partial charge in [-0.1, -0.05) is 11.6 Å². The molecule has 1 heterocycles. The molecule has 0 bridgehead atoms. The first-order chi connectivity index (χ1) is 13.0. The Balaban J connectivity index is 1.70. The highest BCUT2D eigenvalue weighted by Crippen LogP contribution is 2.26. The zero-order valence-corrected chi connectivity index (χ0v) is 15.7. The highest BCUT2D eigenvalue weighted by atomic mass is 35.5. The third-order valence-corrected chi connectivity index (χ3v) is 4.92. The summed E-state index contributed by atoms with van der Waals surface area (Å²) >= 11 is 7.45. The van der Waals surface area contributed by atoms with E-state index in [0.29, 0.717) is 21.4 Å². The Morgan fingerprint density at radius 3 is 2.67 bits per heavy atom. The Bertz CT molecular complexity index is 989. The maximum atomic E-state index is 13.0. The first-order valence-electron chi connectivity index (χ1n) is 7.84. The van der Waals surface area contributed by atoms with Crippen LogP contribution in [0.2, 0.25) is 5.02 Å². The molecule has 0 fully saturated rings. The number of rotatable bonds is 5. The molecule has 0 aliphatic rings. The predicted molar refractivity (Wildman–Crippen MR) is 103 cm³/mol.